The number of hydrogen-bond donors (Lipinski definition) is 4. The van der Waals surface area contributed by atoms with E-state index in [9.17, 15) is 9.59 Å². The van der Waals surface area contributed by atoms with Crippen LogP contribution in [-0.4, -0.2) is 39.9 Å². The minimum atomic E-state index is -0.749. The van der Waals surface area contributed by atoms with Crippen LogP contribution in [-0.2, 0) is 4.79 Å². The zero-order valence-corrected chi connectivity index (χ0v) is 15.4. The van der Waals surface area contributed by atoms with Gasteiger partial charge >= 0.3 is 0 Å². The zero-order valence-electron chi connectivity index (χ0n) is 15.4. The third-order valence-corrected chi connectivity index (χ3v) is 3.59. The summed E-state index contributed by atoms with van der Waals surface area (Å²) in [5.74, 6) is -0.0861. The van der Waals surface area contributed by atoms with Gasteiger partial charge in [0.15, 0.2) is 11.5 Å². The number of nitrogens with zero attached hydrogens (tertiary/aromatic N) is 3. The number of carbonyl (C=O) groups is 2. The zero-order chi connectivity index (χ0) is 20.0. The summed E-state index contributed by atoms with van der Waals surface area (Å²) in [6.07, 6.45) is 4.91. The number of nitrogens with one attached hydrogen (secondary N) is 2. The van der Waals surface area contributed by atoms with E-state index in [0.29, 0.717) is 17.9 Å². The van der Waals surface area contributed by atoms with E-state index in [1.165, 1.54) is 25.7 Å². The molecule has 2 heterocycles. The number of pyridine rings is 1. The highest BCUT2D eigenvalue weighted by Gasteiger charge is 2.19. The third kappa shape index (κ3) is 5.53. The Morgan fingerprint density at radius 3 is 2.56 bits per heavy atom. The number of anilines is 3. The summed E-state index contributed by atoms with van der Waals surface area (Å²) in [6.45, 7) is 3.95. The lowest BCUT2D eigenvalue weighted by molar-refractivity contribution is -0.119. The number of primary amides is 2. The molecule has 2 amide bonds. The highest BCUT2D eigenvalue weighted by Crippen LogP contribution is 2.22. The summed E-state index contributed by atoms with van der Waals surface area (Å²) in [5, 5.41) is 5.88. The van der Waals surface area contributed by atoms with Gasteiger partial charge in [-0.25, -0.2) is 9.97 Å². The molecule has 10 heteroatoms. The fourth-order valence-corrected chi connectivity index (χ4v) is 2.36. The van der Waals surface area contributed by atoms with Gasteiger partial charge in [-0.1, -0.05) is 13.8 Å². The predicted molar refractivity (Wildman–Crippen MR) is 101 cm³/mol. The molecule has 144 valence electrons. The molecule has 0 saturated heterocycles. The first-order valence-electron chi connectivity index (χ1n) is 8.29. The van der Waals surface area contributed by atoms with Gasteiger partial charge in [0.05, 0.1) is 31.4 Å². The maximum atomic E-state index is 11.7. The topological polar surface area (TPSA) is 158 Å². The molecule has 0 unspecified atom stereocenters. The van der Waals surface area contributed by atoms with E-state index in [1.807, 2.05) is 13.8 Å². The molecule has 0 radical (unpaired) electrons. The molecule has 2 rings (SSSR count). The molecule has 10 nitrogen and oxygen atoms in total. The van der Waals surface area contributed by atoms with Gasteiger partial charge in [-0.2, -0.15) is 0 Å². The number of amides is 2. The summed E-state index contributed by atoms with van der Waals surface area (Å²) in [5.41, 5.74) is 11.3. The van der Waals surface area contributed by atoms with Crippen LogP contribution >= 0.6 is 0 Å². The maximum absolute atomic E-state index is 11.7. The Morgan fingerprint density at radius 1 is 1.22 bits per heavy atom. The summed E-state index contributed by atoms with van der Waals surface area (Å²) < 4.78 is 5.12. The van der Waals surface area contributed by atoms with Crippen molar-refractivity contribution in [3.8, 4) is 5.75 Å². The van der Waals surface area contributed by atoms with E-state index < -0.39 is 17.9 Å². The molecule has 2 aromatic heterocycles. The Bertz CT molecular complexity index is 826. The first-order valence-corrected chi connectivity index (χ1v) is 8.29. The van der Waals surface area contributed by atoms with Crippen LogP contribution in [0, 0.1) is 5.92 Å². The van der Waals surface area contributed by atoms with Gasteiger partial charge in [-0.3, -0.25) is 14.6 Å². The van der Waals surface area contributed by atoms with Crippen LogP contribution in [0.3, 0.4) is 0 Å². The van der Waals surface area contributed by atoms with Crippen molar-refractivity contribution in [3.63, 3.8) is 0 Å². The molecule has 0 aliphatic heterocycles. The van der Waals surface area contributed by atoms with Crippen molar-refractivity contribution in [2.24, 2.45) is 17.4 Å². The fraction of sp³-hybridized carbons (Fsp3) is 0.353. The minimum absolute atomic E-state index is 0.0529. The molecular weight excluding hydrogens is 350 g/mol. The van der Waals surface area contributed by atoms with Crippen molar-refractivity contribution < 1.29 is 14.3 Å². The highest BCUT2D eigenvalue weighted by molar-refractivity contribution is 5.96. The van der Waals surface area contributed by atoms with Crippen LogP contribution in [0.15, 0.2) is 24.7 Å². The van der Waals surface area contributed by atoms with Crippen molar-refractivity contribution in [1.82, 2.24) is 15.0 Å². The molecule has 0 spiro atoms. The van der Waals surface area contributed by atoms with Crippen LogP contribution in [0.2, 0.25) is 0 Å². The Labute approximate surface area is 156 Å². The Morgan fingerprint density at radius 2 is 1.96 bits per heavy atom. The van der Waals surface area contributed by atoms with Crippen LogP contribution in [0.5, 0.6) is 5.75 Å². The Hall–Kier alpha value is -3.43. The summed E-state index contributed by atoms with van der Waals surface area (Å²) in [4.78, 5) is 35.7. The predicted octanol–water partition coefficient (Wildman–Crippen LogP) is 1.03. The van der Waals surface area contributed by atoms with Gasteiger partial charge in [0, 0.05) is 6.07 Å². The lowest BCUT2D eigenvalue weighted by Crippen LogP contribution is -2.37. The van der Waals surface area contributed by atoms with Crippen molar-refractivity contribution >= 4 is 29.1 Å². The van der Waals surface area contributed by atoms with E-state index in [0.717, 1.165) is 0 Å². The molecule has 0 saturated carbocycles. The molecule has 0 fully saturated rings. The summed E-state index contributed by atoms with van der Waals surface area (Å²) >= 11 is 0. The number of rotatable bonds is 9. The monoisotopic (exact) mass is 373 g/mol. The van der Waals surface area contributed by atoms with Crippen LogP contribution in [0.1, 0.15) is 30.8 Å². The second-order valence-electron chi connectivity index (χ2n) is 6.28. The van der Waals surface area contributed by atoms with Crippen molar-refractivity contribution in [3.05, 3.63) is 30.4 Å². The van der Waals surface area contributed by atoms with E-state index in [1.54, 1.807) is 6.07 Å². The Kier molecular flexibility index (Phi) is 6.47. The molecule has 0 bridgehead atoms. The van der Waals surface area contributed by atoms with Crippen LogP contribution < -0.4 is 26.8 Å². The standard InChI is InChI=1S/C17H23N7O3/c1-9(2)4-12(15(18)25)23-13-8-21-14(16(19)26)17(24-13)22-10-5-11(27-3)7-20-6-10/h5-9,12H,4H2,1-3H3,(H2,18,25)(H2,19,26)(H2,22,23,24)/t12-/m1/s1. The van der Waals surface area contributed by atoms with E-state index in [4.69, 9.17) is 16.2 Å². The van der Waals surface area contributed by atoms with Gasteiger partial charge in [0.1, 0.15) is 17.6 Å². The second-order valence-corrected chi connectivity index (χ2v) is 6.28. The molecule has 2 aromatic rings. The molecule has 27 heavy (non-hydrogen) atoms. The van der Waals surface area contributed by atoms with Gasteiger partial charge in [-0.05, 0) is 12.3 Å². The highest BCUT2D eigenvalue weighted by atomic mass is 16.5. The van der Waals surface area contributed by atoms with E-state index in [-0.39, 0.29) is 23.2 Å². The molecule has 0 aliphatic rings. The van der Waals surface area contributed by atoms with Crippen LogP contribution in [0.4, 0.5) is 17.3 Å². The van der Waals surface area contributed by atoms with Gasteiger partial charge in [-0.15, -0.1) is 0 Å². The largest absolute Gasteiger partial charge is 0.495 e. The first-order chi connectivity index (χ1) is 12.8. The van der Waals surface area contributed by atoms with E-state index in [2.05, 4.69) is 25.6 Å². The van der Waals surface area contributed by atoms with Crippen LogP contribution in [0.25, 0.3) is 0 Å². The third-order valence-electron chi connectivity index (χ3n) is 3.59. The average Bonchev–Trinajstić information content (AvgIpc) is 2.60. The fourth-order valence-electron chi connectivity index (χ4n) is 2.36. The minimum Gasteiger partial charge on any atom is -0.495 e. The van der Waals surface area contributed by atoms with Crippen molar-refractivity contribution in [2.75, 3.05) is 17.7 Å². The first kappa shape index (κ1) is 19.9. The maximum Gasteiger partial charge on any atom is 0.271 e. The molecule has 6 N–H and O–H groups in total. The molecule has 0 aliphatic carbocycles. The number of ether oxygens (including phenoxy) is 1. The van der Waals surface area contributed by atoms with E-state index >= 15 is 0 Å². The summed E-state index contributed by atoms with van der Waals surface area (Å²) in [6, 6.07) is 1.05. The molecule has 0 aromatic carbocycles. The lowest BCUT2D eigenvalue weighted by atomic mass is 10.0. The van der Waals surface area contributed by atoms with Gasteiger partial charge < -0.3 is 26.8 Å². The number of carbonyl (C=O) groups excluding carboxylic acids is 2. The number of hydrogen-bond acceptors (Lipinski definition) is 8. The molecule has 1 atom stereocenters. The van der Waals surface area contributed by atoms with Crippen molar-refractivity contribution in [1.29, 1.82) is 0 Å². The normalized spacial score (nSPS) is 11.7. The van der Waals surface area contributed by atoms with Gasteiger partial charge in [0.2, 0.25) is 5.91 Å². The summed E-state index contributed by atoms with van der Waals surface area (Å²) in [7, 11) is 1.51. The molecular formula is C17H23N7O3. The lowest BCUT2D eigenvalue weighted by Gasteiger charge is -2.18. The quantitative estimate of drug-likeness (QED) is 0.507. The number of aromatic nitrogens is 3. The SMILES string of the molecule is COc1cncc(Nc2nc(N[C@H](CC(C)C)C(N)=O)cnc2C(N)=O)c1. The average molecular weight is 373 g/mol. The number of methoxy groups -OCH3 is 1. The Balaban J connectivity index is 2.32. The van der Waals surface area contributed by atoms with Crippen molar-refractivity contribution in [2.45, 2.75) is 26.3 Å². The van der Waals surface area contributed by atoms with Gasteiger partial charge in [0.25, 0.3) is 5.91 Å². The number of nitrogens with two attached hydrogens (primary N) is 2. The smallest absolute Gasteiger partial charge is 0.271 e. The second kappa shape index (κ2) is 8.79.